The predicted molar refractivity (Wildman–Crippen MR) is 117 cm³/mol. The van der Waals surface area contributed by atoms with Gasteiger partial charge in [-0.3, -0.25) is 9.59 Å². The molecule has 0 saturated carbocycles. The third-order valence-electron chi connectivity index (χ3n) is 4.45. The van der Waals surface area contributed by atoms with Gasteiger partial charge in [-0.15, -0.1) is 0 Å². The van der Waals surface area contributed by atoms with Gasteiger partial charge >= 0.3 is 0 Å². The number of phenolic OH excluding ortho intramolecular Hbond substituents is 1. The van der Waals surface area contributed by atoms with Crippen LogP contribution in [-0.2, 0) is 4.79 Å². The van der Waals surface area contributed by atoms with Gasteiger partial charge in [-0.2, -0.15) is 5.10 Å². The topological polar surface area (TPSA) is 94.0 Å². The van der Waals surface area contributed by atoms with E-state index >= 15 is 0 Å². The standard InChI is InChI=1S/C22H28N4O3/c1-5-26(6-2)19-12-9-17(20(27)13-19)14-23-25-22(29)16-7-10-18(11-8-16)24-21(28)15(3)4/h7-15,27H,5-6H2,1-4H3,(H,24,28)(H,25,29)/b23-14+. The molecular formula is C22H28N4O3. The Balaban J connectivity index is 1.98. The van der Waals surface area contributed by atoms with E-state index in [2.05, 4.69) is 34.6 Å². The fraction of sp³-hybridized carbons (Fsp3) is 0.318. The minimum atomic E-state index is -0.387. The summed E-state index contributed by atoms with van der Waals surface area (Å²) in [5.41, 5.74) is 4.91. The molecule has 2 rings (SSSR count). The second kappa shape index (κ2) is 10.3. The predicted octanol–water partition coefficient (Wildman–Crippen LogP) is 3.60. The summed E-state index contributed by atoms with van der Waals surface area (Å²) in [4.78, 5) is 26.0. The zero-order valence-electron chi connectivity index (χ0n) is 17.3. The average Bonchev–Trinajstić information content (AvgIpc) is 2.70. The van der Waals surface area contributed by atoms with Crippen LogP contribution in [0.3, 0.4) is 0 Å². The zero-order chi connectivity index (χ0) is 21.4. The molecular weight excluding hydrogens is 368 g/mol. The summed E-state index contributed by atoms with van der Waals surface area (Å²) < 4.78 is 0. The first-order valence-corrected chi connectivity index (χ1v) is 9.68. The minimum absolute atomic E-state index is 0.0846. The van der Waals surface area contributed by atoms with Gasteiger partial charge in [-0.05, 0) is 50.2 Å². The lowest BCUT2D eigenvalue weighted by Gasteiger charge is -2.21. The Labute approximate surface area is 171 Å². The van der Waals surface area contributed by atoms with Gasteiger partial charge in [0.05, 0.1) is 6.21 Å². The minimum Gasteiger partial charge on any atom is -0.507 e. The summed E-state index contributed by atoms with van der Waals surface area (Å²) in [6.07, 6.45) is 1.40. The lowest BCUT2D eigenvalue weighted by Crippen LogP contribution is -2.21. The molecule has 0 radical (unpaired) electrons. The van der Waals surface area contributed by atoms with E-state index in [4.69, 9.17) is 0 Å². The molecule has 0 aliphatic carbocycles. The van der Waals surface area contributed by atoms with Gasteiger partial charge in [0.25, 0.3) is 5.91 Å². The number of carbonyl (C=O) groups is 2. The van der Waals surface area contributed by atoms with E-state index in [0.717, 1.165) is 18.8 Å². The highest BCUT2D eigenvalue weighted by Gasteiger charge is 2.09. The first-order chi connectivity index (χ1) is 13.8. The van der Waals surface area contributed by atoms with Crippen molar-refractivity contribution in [3.8, 4) is 5.75 Å². The zero-order valence-corrected chi connectivity index (χ0v) is 17.3. The first-order valence-electron chi connectivity index (χ1n) is 9.68. The first kappa shape index (κ1) is 21.9. The highest BCUT2D eigenvalue weighted by atomic mass is 16.3. The molecule has 3 N–H and O–H groups in total. The molecule has 0 spiro atoms. The van der Waals surface area contributed by atoms with E-state index in [1.54, 1.807) is 36.4 Å². The lowest BCUT2D eigenvalue weighted by atomic mass is 10.1. The molecule has 0 aliphatic heterocycles. The maximum Gasteiger partial charge on any atom is 0.271 e. The van der Waals surface area contributed by atoms with E-state index < -0.39 is 0 Å². The Kier molecular flexibility index (Phi) is 7.77. The molecule has 0 aromatic heterocycles. The number of nitrogens with zero attached hydrogens (tertiary/aromatic N) is 2. The second-order valence-corrected chi connectivity index (χ2v) is 6.84. The molecule has 0 aliphatic rings. The molecule has 2 amide bonds. The molecule has 0 saturated heterocycles. The summed E-state index contributed by atoms with van der Waals surface area (Å²) >= 11 is 0. The van der Waals surface area contributed by atoms with E-state index in [0.29, 0.717) is 16.8 Å². The third kappa shape index (κ3) is 6.07. The molecule has 2 aromatic rings. The number of rotatable bonds is 8. The van der Waals surface area contributed by atoms with Crippen LogP contribution in [0.5, 0.6) is 5.75 Å². The van der Waals surface area contributed by atoms with Crippen LogP contribution in [0.2, 0.25) is 0 Å². The molecule has 29 heavy (non-hydrogen) atoms. The van der Waals surface area contributed by atoms with Crippen LogP contribution in [-0.4, -0.2) is 36.2 Å². The largest absolute Gasteiger partial charge is 0.507 e. The fourth-order valence-corrected chi connectivity index (χ4v) is 2.64. The number of amides is 2. The Hall–Kier alpha value is -3.35. The number of nitrogens with one attached hydrogen (secondary N) is 2. The van der Waals surface area contributed by atoms with Crippen LogP contribution >= 0.6 is 0 Å². The normalized spacial score (nSPS) is 10.9. The van der Waals surface area contributed by atoms with Crippen molar-refractivity contribution in [2.75, 3.05) is 23.3 Å². The Morgan fingerprint density at radius 2 is 1.76 bits per heavy atom. The molecule has 0 fully saturated rings. The smallest absolute Gasteiger partial charge is 0.271 e. The fourth-order valence-electron chi connectivity index (χ4n) is 2.64. The van der Waals surface area contributed by atoms with Crippen molar-refractivity contribution in [3.05, 3.63) is 53.6 Å². The molecule has 7 nitrogen and oxygen atoms in total. The van der Waals surface area contributed by atoms with E-state index in [9.17, 15) is 14.7 Å². The molecule has 0 heterocycles. The number of anilines is 2. The Morgan fingerprint density at radius 1 is 1.10 bits per heavy atom. The molecule has 7 heteroatoms. The number of aromatic hydroxyl groups is 1. The van der Waals surface area contributed by atoms with Crippen molar-refractivity contribution in [3.63, 3.8) is 0 Å². The lowest BCUT2D eigenvalue weighted by molar-refractivity contribution is -0.118. The van der Waals surface area contributed by atoms with Crippen molar-refractivity contribution >= 4 is 29.4 Å². The van der Waals surface area contributed by atoms with Crippen molar-refractivity contribution in [1.82, 2.24) is 5.43 Å². The molecule has 2 aromatic carbocycles. The van der Waals surface area contributed by atoms with Gasteiger partial charge in [0.1, 0.15) is 5.75 Å². The van der Waals surface area contributed by atoms with Crippen molar-refractivity contribution in [2.24, 2.45) is 11.0 Å². The number of benzene rings is 2. The van der Waals surface area contributed by atoms with Gasteiger partial charge in [-0.1, -0.05) is 13.8 Å². The van der Waals surface area contributed by atoms with E-state index in [1.807, 2.05) is 19.9 Å². The van der Waals surface area contributed by atoms with Gasteiger partial charge in [0, 0.05) is 47.6 Å². The van der Waals surface area contributed by atoms with Gasteiger partial charge in [0.15, 0.2) is 0 Å². The summed E-state index contributed by atoms with van der Waals surface area (Å²) in [6, 6.07) is 11.9. The number of carbonyl (C=O) groups excluding carboxylic acids is 2. The summed E-state index contributed by atoms with van der Waals surface area (Å²) in [5.74, 6) is -0.497. The quantitative estimate of drug-likeness (QED) is 0.469. The molecule has 154 valence electrons. The maximum absolute atomic E-state index is 12.2. The molecule has 0 bridgehead atoms. The average molecular weight is 396 g/mol. The number of hydrazone groups is 1. The Bertz CT molecular complexity index is 872. The Morgan fingerprint density at radius 3 is 2.31 bits per heavy atom. The summed E-state index contributed by atoms with van der Waals surface area (Å²) in [6.45, 7) is 9.42. The van der Waals surface area contributed by atoms with Crippen LogP contribution in [0.25, 0.3) is 0 Å². The van der Waals surface area contributed by atoms with E-state index in [1.165, 1.54) is 6.21 Å². The highest BCUT2D eigenvalue weighted by molar-refractivity contribution is 5.96. The maximum atomic E-state index is 12.2. The number of hydrogen-bond donors (Lipinski definition) is 3. The van der Waals surface area contributed by atoms with Crippen LogP contribution in [0.1, 0.15) is 43.6 Å². The monoisotopic (exact) mass is 396 g/mol. The third-order valence-corrected chi connectivity index (χ3v) is 4.45. The van der Waals surface area contributed by atoms with Crippen LogP contribution < -0.4 is 15.6 Å². The van der Waals surface area contributed by atoms with Gasteiger partial charge in [-0.25, -0.2) is 5.43 Å². The SMILES string of the molecule is CCN(CC)c1ccc(/C=N/NC(=O)c2ccc(NC(=O)C(C)C)cc2)c(O)c1. The van der Waals surface area contributed by atoms with Crippen molar-refractivity contribution in [2.45, 2.75) is 27.7 Å². The van der Waals surface area contributed by atoms with Crippen LogP contribution in [0, 0.1) is 5.92 Å². The van der Waals surface area contributed by atoms with Crippen molar-refractivity contribution < 1.29 is 14.7 Å². The van der Waals surface area contributed by atoms with E-state index in [-0.39, 0.29) is 23.5 Å². The summed E-state index contributed by atoms with van der Waals surface area (Å²) in [7, 11) is 0. The number of hydrogen-bond acceptors (Lipinski definition) is 5. The summed E-state index contributed by atoms with van der Waals surface area (Å²) in [5, 5.41) is 16.9. The highest BCUT2D eigenvalue weighted by Crippen LogP contribution is 2.23. The number of phenols is 1. The van der Waals surface area contributed by atoms with Crippen LogP contribution in [0.4, 0.5) is 11.4 Å². The molecule has 0 unspecified atom stereocenters. The van der Waals surface area contributed by atoms with Crippen LogP contribution in [0.15, 0.2) is 47.6 Å². The van der Waals surface area contributed by atoms with Crippen molar-refractivity contribution in [1.29, 1.82) is 0 Å². The second-order valence-electron chi connectivity index (χ2n) is 6.84. The van der Waals surface area contributed by atoms with Gasteiger partial charge < -0.3 is 15.3 Å². The van der Waals surface area contributed by atoms with Gasteiger partial charge in [0.2, 0.25) is 5.91 Å². The molecule has 0 atom stereocenters.